The lowest BCUT2D eigenvalue weighted by molar-refractivity contribution is -0.150. The molecule has 0 aromatic heterocycles. The molecular weight excluding hydrogens is 398 g/mol. The third-order valence-corrected chi connectivity index (χ3v) is 5.70. The van der Waals surface area contributed by atoms with E-state index in [1.807, 2.05) is 0 Å². The Labute approximate surface area is 163 Å². The van der Waals surface area contributed by atoms with Crippen LogP contribution < -0.4 is 5.32 Å². The molecule has 1 heterocycles. The van der Waals surface area contributed by atoms with Crippen LogP contribution in [0.1, 0.15) is 37.7 Å². The van der Waals surface area contributed by atoms with E-state index in [1.54, 1.807) is 0 Å². The summed E-state index contributed by atoms with van der Waals surface area (Å²) in [4.78, 5) is 13.3. The molecule has 0 spiro atoms. The minimum atomic E-state index is -4.76. The van der Waals surface area contributed by atoms with Gasteiger partial charge in [0.05, 0.1) is 11.2 Å². The van der Waals surface area contributed by atoms with Crippen molar-refractivity contribution in [1.29, 1.82) is 0 Å². The highest BCUT2D eigenvalue weighted by Gasteiger charge is 2.55. The summed E-state index contributed by atoms with van der Waals surface area (Å²) in [5.41, 5.74) is -1.95. The average molecular weight is 416 g/mol. The first-order valence-electron chi connectivity index (χ1n) is 9.31. The van der Waals surface area contributed by atoms with Gasteiger partial charge in [0.25, 0.3) is 0 Å². The van der Waals surface area contributed by atoms with Crippen LogP contribution >= 0.6 is 0 Å². The standard InChI is InChI=1S/C20H18F6N2O/c21-13-5-3-12(4-6-13)19(9-11-1-2-11)16-15(8-7-14(22)17(16)23)27-18(29)28(19)10-20(24,25)26/h3,5,7-8,11H,1-2,4,6,9-10H2,(H,27,29). The Kier molecular flexibility index (Phi) is 4.66. The average Bonchev–Trinajstić information content (AvgIpc) is 3.45. The van der Waals surface area contributed by atoms with Crippen LogP contribution in [0.2, 0.25) is 0 Å². The zero-order valence-electron chi connectivity index (χ0n) is 15.3. The molecule has 9 heteroatoms. The van der Waals surface area contributed by atoms with Crippen LogP contribution in [0.3, 0.4) is 0 Å². The summed E-state index contributed by atoms with van der Waals surface area (Å²) in [5, 5.41) is 2.26. The molecule has 156 valence electrons. The number of benzene rings is 1. The second-order valence-corrected chi connectivity index (χ2v) is 7.73. The lowest BCUT2D eigenvalue weighted by atomic mass is 9.72. The van der Waals surface area contributed by atoms with Crippen molar-refractivity contribution in [2.75, 3.05) is 11.9 Å². The topological polar surface area (TPSA) is 32.3 Å². The van der Waals surface area contributed by atoms with Gasteiger partial charge in [-0.15, -0.1) is 0 Å². The van der Waals surface area contributed by atoms with Gasteiger partial charge in [0, 0.05) is 12.0 Å². The number of fused-ring (bicyclic) bond motifs is 1. The highest BCUT2D eigenvalue weighted by Crippen LogP contribution is 2.54. The summed E-state index contributed by atoms with van der Waals surface area (Å²) < 4.78 is 83.1. The van der Waals surface area contributed by atoms with Crippen molar-refractivity contribution in [3.8, 4) is 0 Å². The number of alkyl halides is 3. The maximum Gasteiger partial charge on any atom is 0.406 e. The second-order valence-electron chi connectivity index (χ2n) is 7.73. The second kappa shape index (κ2) is 6.81. The normalized spacial score (nSPS) is 24.6. The molecule has 1 atom stereocenters. The fourth-order valence-electron chi connectivity index (χ4n) is 4.31. The van der Waals surface area contributed by atoms with E-state index in [0.29, 0.717) is 17.7 Å². The Bertz CT molecular complexity index is 918. The minimum Gasteiger partial charge on any atom is -0.307 e. The molecule has 0 radical (unpaired) electrons. The van der Waals surface area contributed by atoms with Crippen LogP contribution in [-0.2, 0) is 5.54 Å². The number of hydrogen-bond donors (Lipinski definition) is 1. The first kappa shape index (κ1) is 19.8. The van der Waals surface area contributed by atoms with E-state index < -0.39 is 41.8 Å². The van der Waals surface area contributed by atoms with Gasteiger partial charge in [-0.3, -0.25) is 0 Å². The van der Waals surface area contributed by atoms with Crippen molar-refractivity contribution in [1.82, 2.24) is 4.90 Å². The lowest BCUT2D eigenvalue weighted by Gasteiger charge is -2.50. The molecule has 2 aliphatic carbocycles. The molecule has 29 heavy (non-hydrogen) atoms. The van der Waals surface area contributed by atoms with Gasteiger partial charge in [0.2, 0.25) is 0 Å². The number of hydrogen-bond acceptors (Lipinski definition) is 1. The number of allylic oxidation sites excluding steroid dienone is 3. The number of nitrogens with zero attached hydrogens (tertiary/aromatic N) is 1. The minimum absolute atomic E-state index is 0.00604. The molecule has 1 N–H and O–H groups in total. The Morgan fingerprint density at radius 2 is 1.83 bits per heavy atom. The Hall–Kier alpha value is -2.45. The fourth-order valence-corrected chi connectivity index (χ4v) is 4.31. The molecule has 1 aromatic carbocycles. The summed E-state index contributed by atoms with van der Waals surface area (Å²) in [6.45, 7) is -1.63. The monoisotopic (exact) mass is 416 g/mol. The number of rotatable bonds is 4. The third kappa shape index (κ3) is 3.51. The molecule has 1 aromatic rings. The maximum atomic E-state index is 15.1. The summed E-state index contributed by atoms with van der Waals surface area (Å²) in [6, 6.07) is 0.931. The number of carbonyl (C=O) groups is 1. The molecule has 3 nitrogen and oxygen atoms in total. The Morgan fingerprint density at radius 1 is 1.10 bits per heavy atom. The fraction of sp³-hybridized carbons (Fsp3) is 0.450. The van der Waals surface area contributed by atoms with Crippen molar-refractivity contribution in [3.05, 3.63) is 52.9 Å². The molecule has 0 bridgehead atoms. The summed E-state index contributed by atoms with van der Waals surface area (Å²) in [6.07, 6.45) is -0.965. The number of amides is 2. The maximum absolute atomic E-state index is 15.1. The van der Waals surface area contributed by atoms with Crippen molar-refractivity contribution >= 4 is 11.7 Å². The van der Waals surface area contributed by atoms with Crippen molar-refractivity contribution in [2.24, 2.45) is 5.92 Å². The van der Waals surface area contributed by atoms with Gasteiger partial charge in [-0.25, -0.2) is 18.0 Å². The molecule has 1 unspecified atom stereocenters. The lowest BCUT2D eigenvalue weighted by Crippen LogP contribution is -2.59. The first-order valence-corrected chi connectivity index (χ1v) is 9.31. The predicted molar refractivity (Wildman–Crippen MR) is 93.7 cm³/mol. The SMILES string of the molecule is O=C1Nc2ccc(F)c(F)c2C(CC2CC2)(C2=CC=C(F)CC2)N1CC(F)(F)F. The largest absolute Gasteiger partial charge is 0.406 e. The molecule has 1 aliphatic heterocycles. The molecule has 3 aliphatic rings. The zero-order valence-corrected chi connectivity index (χ0v) is 15.3. The van der Waals surface area contributed by atoms with E-state index >= 15 is 4.39 Å². The van der Waals surface area contributed by atoms with Gasteiger partial charge in [-0.05, 0) is 42.5 Å². The summed E-state index contributed by atoms with van der Waals surface area (Å²) >= 11 is 0. The van der Waals surface area contributed by atoms with Crippen molar-refractivity contribution in [3.63, 3.8) is 0 Å². The van der Waals surface area contributed by atoms with E-state index in [9.17, 15) is 26.7 Å². The van der Waals surface area contributed by atoms with Crippen LogP contribution in [0.15, 0.2) is 35.7 Å². The van der Waals surface area contributed by atoms with Crippen molar-refractivity contribution in [2.45, 2.75) is 43.8 Å². The van der Waals surface area contributed by atoms with Gasteiger partial charge in [-0.1, -0.05) is 18.9 Å². The molecule has 4 rings (SSSR count). The number of carbonyl (C=O) groups excluding carboxylic acids is 1. The van der Waals surface area contributed by atoms with Crippen LogP contribution in [-0.4, -0.2) is 23.7 Å². The van der Waals surface area contributed by atoms with Crippen molar-refractivity contribution < 1.29 is 31.1 Å². The van der Waals surface area contributed by atoms with E-state index in [4.69, 9.17) is 0 Å². The zero-order chi connectivity index (χ0) is 21.0. The highest BCUT2D eigenvalue weighted by molar-refractivity contribution is 5.94. The van der Waals surface area contributed by atoms with Crippen LogP contribution in [0.4, 0.5) is 36.8 Å². The Balaban J connectivity index is 2.00. The van der Waals surface area contributed by atoms with Gasteiger partial charge < -0.3 is 10.2 Å². The van der Waals surface area contributed by atoms with Gasteiger partial charge in [0.15, 0.2) is 11.6 Å². The summed E-state index contributed by atoms with van der Waals surface area (Å²) in [5.74, 6) is -3.02. The van der Waals surface area contributed by atoms with Gasteiger partial charge in [-0.2, -0.15) is 13.2 Å². The predicted octanol–water partition coefficient (Wildman–Crippen LogP) is 5.94. The third-order valence-electron chi connectivity index (χ3n) is 5.70. The molecule has 1 saturated carbocycles. The molecule has 1 fully saturated rings. The summed E-state index contributed by atoms with van der Waals surface area (Å²) in [7, 11) is 0. The molecular formula is C20H18F6N2O. The van der Waals surface area contributed by atoms with E-state index in [-0.39, 0.29) is 42.0 Å². The first-order chi connectivity index (χ1) is 13.6. The number of halogens is 6. The van der Waals surface area contributed by atoms with E-state index in [0.717, 1.165) is 18.2 Å². The van der Waals surface area contributed by atoms with Crippen LogP contribution in [0, 0.1) is 17.6 Å². The Morgan fingerprint density at radius 3 is 2.41 bits per heavy atom. The van der Waals surface area contributed by atoms with E-state index in [1.165, 1.54) is 6.08 Å². The van der Waals surface area contributed by atoms with Gasteiger partial charge in [0.1, 0.15) is 12.4 Å². The number of anilines is 1. The smallest absolute Gasteiger partial charge is 0.307 e. The molecule has 2 amide bonds. The van der Waals surface area contributed by atoms with E-state index in [2.05, 4.69) is 5.32 Å². The van der Waals surface area contributed by atoms with Crippen LogP contribution in [0.5, 0.6) is 0 Å². The van der Waals surface area contributed by atoms with Gasteiger partial charge >= 0.3 is 12.2 Å². The quantitative estimate of drug-likeness (QED) is 0.605. The number of urea groups is 1. The molecule has 0 saturated heterocycles. The number of nitrogens with one attached hydrogen (secondary N) is 1. The van der Waals surface area contributed by atoms with Crippen LogP contribution in [0.25, 0.3) is 0 Å². The highest BCUT2D eigenvalue weighted by atomic mass is 19.4.